The maximum atomic E-state index is 12.2. The van der Waals surface area contributed by atoms with E-state index < -0.39 is 10.0 Å². The van der Waals surface area contributed by atoms with E-state index in [9.17, 15) is 8.42 Å². The quantitative estimate of drug-likeness (QED) is 0.902. The van der Waals surface area contributed by atoms with Crippen LogP contribution in [0.3, 0.4) is 0 Å². The predicted molar refractivity (Wildman–Crippen MR) is 82.2 cm³/mol. The van der Waals surface area contributed by atoms with Gasteiger partial charge in [-0.3, -0.25) is 9.82 Å². The molecule has 8 heteroatoms. The molecule has 0 atom stereocenters. The molecule has 2 rings (SSSR count). The smallest absolute Gasteiger partial charge is 0.272 e. The molecule has 20 heavy (non-hydrogen) atoms. The maximum Gasteiger partial charge on any atom is 0.272 e. The Balaban J connectivity index is 2.27. The monoisotopic (exact) mass is 333 g/mol. The minimum atomic E-state index is -3.65. The van der Waals surface area contributed by atoms with Crippen LogP contribution in [0.4, 0.5) is 5.82 Å². The van der Waals surface area contributed by atoms with Gasteiger partial charge in [0, 0.05) is 17.2 Å². The Morgan fingerprint density at radius 1 is 1.35 bits per heavy atom. The largest absolute Gasteiger partial charge is 0.280 e. The normalized spacial score (nSPS) is 12.7. The number of hydrogen-bond acceptors (Lipinski definition) is 4. The van der Waals surface area contributed by atoms with Crippen LogP contribution in [0, 0.1) is 6.92 Å². The molecule has 2 N–H and O–H groups in total. The lowest BCUT2D eigenvalue weighted by atomic mass is 9.92. The lowest BCUT2D eigenvalue weighted by molar-refractivity contribution is 0.567. The molecule has 0 aliphatic carbocycles. The number of nitrogens with one attached hydrogen (secondary N) is 2. The van der Waals surface area contributed by atoms with E-state index in [1.165, 1.54) is 0 Å². The van der Waals surface area contributed by atoms with Gasteiger partial charge in [0.05, 0.1) is 4.34 Å². The summed E-state index contributed by atoms with van der Waals surface area (Å²) in [6, 6.07) is 3.24. The molecule has 0 radical (unpaired) electrons. The second kappa shape index (κ2) is 5.05. The zero-order chi connectivity index (χ0) is 15.1. The van der Waals surface area contributed by atoms with Crippen molar-refractivity contribution in [1.29, 1.82) is 0 Å². The Bertz CT molecular complexity index is 707. The number of aryl methyl sites for hydroxylation is 1. The van der Waals surface area contributed by atoms with Crippen molar-refractivity contribution in [2.45, 2.75) is 37.3 Å². The Labute approximate surface area is 127 Å². The van der Waals surface area contributed by atoms with Crippen LogP contribution >= 0.6 is 22.9 Å². The van der Waals surface area contributed by atoms with Gasteiger partial charge < -0.3 is 0 Å². The number of rotatable bonds is 3. The van der Waals surface area contributed by atoms with Gasteiger partial charge in [0.25, 0.3) is 10.0 Å². The molecule has 110 valence electrons. The minimum absolute atomic E-state index is 0.125. The van der Waals surface area contributed by atoms with Gasteiger partial charge in [-0.25, -0.2) is 8.42 Å². The van der Waals surface area contributed by atoms with Gasteiger partial charge in [-0.15, -0.1) is 11.3 Å². The highest BCUT2D eigenvalue weighted by atomic mass is 35.5. The summed E-state index contributed by atoms with van der Waals surface area (Å²) in [6.45, 7) is 7.81. The van der Waals surface area contributed by atoms with Gasteiger partial charge in [-0.2, -0.15) is 5.10 Å². The summed E-state index contributed by atoms with van der Waals surface area (Å²) >= 11 is 6.94. The molecular weight excluding hydrogens is 318 g/mol. The van der Waals surface area contributed by atoms with Crippen LogP contribution < -0.4 is 4.72 Å². The van der Waals surface area contributed by atoms with Crippen molar-refractivity contribution in [1.82, 2.24) is 10.2 Å². The second-order valence-electron chi connectivity index (χ2n) is 5.54. The number of thiophene rings is 1. The van der Waals surface area contributed by atoms with Crippen molar-refractivity contribution < 1.29 is 8.42 Å². The molecule has 2 aromatic rings. The van der Waals surface area contributed by atoms with Crippen LogP contribution in [-0.4, -0.2) is 18.6 Å². The number of aromatic nitrogens is 2. The predicted octanol–water partition coefficient (Wildman–Crippen LogP) is 3.53. The molecule has 0 saturated heterocycles. The van der Waals surface area contributed by atoms with Crippen molar-refractivity contribution in [3.8, 4) is 0 Å². The van der Waals surface area contributed by atoms with Crippen molar-refractivity contribution in [3.05, 3.63) is 27.7 Å². The fourth-order valence-electron chi connectivity index (χ4n) is 1.51. The van der Waals surface area contributed by atoms with Gasteiger partial charge in [0.2, 0.25) is 0 Å². The highest BCUT2D eigenvalue weighted by Crippen LogP contribution is 2.31. The van der Waals surface area contributed by atoms with Crippen LogP contribution in [-0.2, 0) is 15.4 Å². The summed E-state index contributed by atoms with van der Waals surface area (Å²) in [6.07, 6.45) is 0. The van der Waals surface area contributed by atoms with Crippen molar-refractivity contribution in [2.24, 2.45) is 0 Å². The topological polar surface area (TPSA) is 74.8 Å². The van der Waals surface area contributed by atoms with E-state index in [0.717, 1.165) is 22.6 Å². The van der Waals surface area contributed by atoms with E-state index in [4.69, 9.17) is 11.6 Å². The molecule has 0 spiro atoms. The lowest BCUT2D eigenvalue weighted by Gasteiger charge is -2.14. The maximum absolute atomic E-state index is 12.2. The average molecular weight is 334 g/mol. The Kier molecular flexibility index (Phi) is 3.88. The van der Waals surface area contributed by atoms with Gasteiger partial charge >= 0.3 is 0 Å². The number of aromatic amines is 1. The fourth-order valence-corrected chi connectivity index (χ4v) is 4.21. The number of sulfonamides is 1. The van der Waals surface area contributed by atoms with Crippen LogP contribution in [0.5, 0.6) is 0 Å². The lowest BCUT2D eigenvalue weighted by Crippen LogP contribution is -2.12. The standard InChI is InChI=1S/C12H16ClN3O2S2/c1-7-5-10(19-11(7)13)20(17,18)16-9-6-8(14-15-9)12(2,3)4/h5-6H,1-4H3,(H2,14,15,16). The molecule has 2 heterocycles. The third-order valence-electron chi connectivity index (χ3n) is 2.72. The fraction of sp³-hybridized carbons (Fsp3) is 0.417. The van der Waals surface area contributed by atoms with Crippen LogP contribution in [0.1, 0.15) is 32.0 Å². The van der Waals surface area contributed by atoms with Crippen molar-refractivity contribution in [2.75, 3.05) is 4.72 Å². The summed E-state index contributed by atoms with van der Waals surface area (Å²) < 4.78 is 27.5. The van der Waals surface area contributed by atoms with Crippen LogP contribution in [0.15, 0.2) is 16.3 Å². The van der Waals surface area contributed by atoms with E-state index >= 15 is 0 Å². The van der Waals surface area contributed by atoms with Crippen molar-refractivity contribution >= 4 is 38.8 Å². The van der Waals surface area contributed by atoms with E-state index in [1.807, 2.05) is 20.8 Å². The molecule has 0 amide bonds. The van der Waals surface area contributed by atoms with Gasteiger partial charge in [-0.05, 0) is 18.6 Å². The first-order valence-corrected chi connectivity index (χ1v) is 8.62. The summed E-state index contributed by atoms with van der Waals surface area (Å²) in [5.41, 5.74) is 1.48. The number of nitrogens with zero attached hydrogens (tertiary/aromatic N) is 1. The van der Waals surface area contributed by atoms with Gasteiger partial charge in [0.15, 0.2) is 5.82 Å². The van der Waals surface area contributed by atoms with Crippen molar-refractivity contribution in [3.63, 3.8) is 0 Å². The van der Waals surface area contributed by atoms with Gasteiger partial charge in [-0.1, -0.05) is 32.4 Å². The number of halogens is 1. The molecule has 0 aromatic carbocycles. The number of anilines is 1. The highest BCUT2D eigenvalue weighted by Gasteiger charge is 2.22. The molecule has 0 saturated carbocycles. The zero-order valence-corrected chi connectivity index (χ0v) is 14.0. The Hall–Kier alpha value is -1.05. The Morgan fingerprint density at radius 2 is 2.00 bits per heavy atom. The molecule has 0 fully saturated rings. The van der Waals surface area contributed by atoms with E-state index in [2.05, 4.69) is 14.9 Å². The second-order valence-corrected chi connectivity index (χ2v) is 9.11. The molecular formula is C12H16ClN3O2S2. The first kappa shape index (κ1) is 15.3. The zero-order valence-electron chi connectivity index (χ0n) is 11.6. The minimum Gasteiger partial charge on any atom is -0.280 e. The molecule has 0 aliphatic heterocycles. The molecule has 0 aliphatic rings. The highest BCUT2D eigenvalue weighted by molar-refractivity contribution is 7.94. The summed E-state index contributed by atoms with van der Waals surface area (Å²) in [5.74, 6) is 0.275. The summed E-state index contributed by atoms with van der Waals surface area (Å²) in [7, 11) is -3.65. The molecule has 0 bridgehead atoms. The third kappa shape index (κ3) is 3.16. The first-order chi connectivity index (χ1) is 9.09. The van der Waals surface area contributed by atoms with E-state index in [1.54, 1.807) is 19.1 Å². The summed E-state index contributed by atoms with van der Waals surface area (Å²) in [5, 5.41) is 6.82. The Morgan fingerprint density at radius 3 is 2.45 bits per heavy atom. The molecule has 5 nitrogen and oxygen atoms in total. The first-order valence-electron chi connectivity index (χ1n) is 5.94. The van der Waals surface area contributed by atoms with E-state index in [0.29, 0.717) is 4.34 Å². The molecule has 2 aromatic heterocycles. The third-order valence-corrected chi connectivity index (χ3v) is 6.11. The van der Waals surface area contributed by atoms with Crippen LogP contribution in [0.25, 0.3) is 0 Å². The number of hydrogen-bond donors (Lipinski definition) is 2. The van der Waals surface area contributed by atoms with Crippen LogP contribution in [0.2, 0.25) is 4.34 Å². The number of H-pyrrole nitrogens is 1. The summed E-state index contributed by atoms with van der Waals surface area (Å²) in [4.78, 5) is 0. The van der Waals surface area contributed by atoms with E-state index in [-0.39, 0.29) is 15.4 Å². The van der Waals surface area contributed by atoms with Gasteiger partial charge in [0.1, 0.15) is 4.21 Å². The average Bonchev–Trinajstić information content (AvgIpc) is 2.86. The SMILES string of the molecule is Cc1cc(S(=O)(=O)Nc2cc(C(C)(C)C)[nH]n2)sc1Cl. The molecule has 0 unspecified atom stereocenters.